The lowest BCUT2D eigenvalue weighted by Crippen LogP contribution is -2.08. The van der Waals surface area contributed by atoms with Gasteiger partial charge in [-0.1, -0.05) is 48.5 Å². The van der Waals surface area contributed by atoms with Gasteiger partial charge in [0, 0.05) is 11.9 Å². The third-order valence-corrected chi connectivity index (χ3v) is 5.22. The van der Waals surface area contributed by atoms with E-state index in [1.807, 2.05) is 31.2 Å². The lowest BCUT2D eigenvalue weighted by Gasteiger charge is -2.11. The Morgan fingerprint density at radius 3 is 2.62 bits per heavy atom. The van der Waals surface area contributed by atoms with Crippen LogP contribution in [0.25, 0.3) is 0 Å². The topological polar surface area (TPSA) is 89.6 Å². The first-order valence-electron chi connectivity index (χ1n) is 8.47. The Kier molecular flexibility index (Phi) is 6.43. The molecule has 0 amide bonds. The summed E-state index contributed by atoms with van der Waals surface area (Å²) < 4.78 is 38.2. The number of rotatable bonds is 6. The maximum Gasteiger partial charge on any atom is 0.417 e. The molecule has 3 N–H and O–H groups in total. The zero-order valence-electron chi connectivity index (χ0n) is 15.2. The SMILES string of the molecule is CCc1ccccc1Nc1nc(N)nc(CSc2ncc(C(F)(F)F)cc2Cl)n1. The Morgan fingerprint density at radius 2 is 1.93 bits per heavy atom. The Hall–Kier alpha value is -2.59. The van der Waals surface area contributed by atoms with E-state index in [-0.39, 0.29) is 27.7 Å². The normalized spacial score (nSPS) is 11.5. The van der Waals surface area contributed by atoms with Crippen molar-refractivity contribution in [1.82, 2.24) is 19.9 Å². The molecule has 0 radical (unpaired) electrons. The van der Waals surface area contributed by atoms with Crippen LogP contribution in [0.3, 0.4) is 0 Å². The van der Waals surface area contributed by atoms with Gasteiger partial charge in [-0.2, -0.15) is 28.1 Å². The first-order chi connectivity index (χ1) is 13.8. The van der Waals surface area contributed by atoms with Crippen molar-refractivity contribution in [3.8, 4) is 0 Å². The summed E-state index contributed by atoms with van der Waals surface area (Å²) in [5, 5.41) is 3.27. The molecule has 29 heavy (non-hydrogen) atoms. The minimum Gasteiger partial charge on any atom is -0.368 e. The molecular formula is C18H16ClF3N6S. The molecule has 152 valence electrons. The molecular weight excluding hydrogens is 425 g/mol. The van der Waals surface area contributed by atoms with Gasteiger partial charge in [0.2, 0.25) is 11.9 Å². The Labute approximate surface area is 174 Å². The molecule has 0 fully saturated rings. The van der Waals surface area contributed by atoms with Crippen LogP contribution in [0.1, 0.15) is 23.9 Å². The van der Waals surface area contributed by atoms with Crippen molar-refractivity contribution < 1.29 is 13.2 Å². The quantitative estimate of drug-likeness (QED) is 0.514. The number of nitrogen functional groups attached to an aromatic ring is 1. The van der Waals surface area contributed by atoms with Crippen LogP contribution in [-0.2, 0) is 18.3 Å². The molecule has 11 heteroatoms. The highest BCUT2D eigenvalue weighted by Gasteiger charge is 2.31. The number of anilines is 3. The van der Waals surface area contributed by atoms with Crippen molar-refractivity contribution in [1.29, 1.82) is 0 Å². The van der Waals surface area contributed by atoms with Crippen molar-refractivity contribution in [2.24, 2.45) is 0 Å². The van der Waals surface area contributed by atoms with E-state index in [1.54, 1.807) is 0 Å². The summed E-state index contributed by atoms with van der Waals surface area (Å²) in [5.41, 5.74) is 6.81. The summed E-state index contributed by atoms with van der Waals surface area (Å²) >= 11 is 7.04. The number of benzene rings is 1. The van der Waals surface area contributed by atoms with E-state index in [2.05, 4.69) is 25.3 Å². The molecule has 1 aromatic carbocycles. The first kappa shape index (κ1) is 21.1. The second-order valence-electron chi connectivity index (χ2n) is 5.87. The summed E-state index contributed by atoms with van der Waals surface area (Å²) in [7, 11) is 0. The van der Waals surface area contributed by atoms with Gasteiger partial charge >= 0.3 is 6.18 Å². The fourth-order valence-corrected chi connectivity index (χ4v) is 3.50. The number of para-hydroxylation sites is 1. The number of thioether (sulfide) groups is 1. The number of aryl methyl sites for hydroxylation is 1. The molecule has 0 bridgehead atoms. The van der Waals surface area contributed by atoms with Gasteiger partial charge in [-0.05, 0) is 24.1 Å². The highest BCUT2D eigenvalue weighted by atomic mass is 35.5. The van der Waals surface area contributed by atoms with Gasteiger partial charge in [-0.3, -0.25) is 0 Å². The van der Waals surface area contributed by atoms with Gasteiger partial charge in [-0.15, -0.1) is 0 Å². The molecule has 3 aromatic rings. The lowest BCUT2D eigenvalue weighted by molar-refractivity contribution is -0.137. The van der Waals surface area contributed by atoms with Gasteiger partial charge in [-0.25, -0.2) is 4.98 Å². The fraction of sp³-hybridized carbons (Fsp3) is 0.222. The van der Waals surface area contributed by atoms with Gasteiger partial charge in [0.1, 0.15) is 10.9 Å². The van der Waals surface area contributed by atoms with Crippen molar-refractivity contribution in [3.63, 3.8) is 0 Å². The van der Waals surface area contributed by atoms with Crippen molar-refractivity contribution >= 4 is 40.9 Å². The van der Waals surface area contributed by atoms with Crippen LogP contribution < -0.4 is 11.1 Å². The smallest absolute Gasteiger partial charge is 0.368 e. The Morgan fingerprint density at radius 1 is 1.17 bits per heavy atom. The number of halogens is 4. The van der Waals surface area contributed by atoms with Gasteiger partial charge in [0.15, 0.2) is 0 Å². The second-order valence-corrected chi connectivity index (χ2v) is 7.24. The highest BCUT2D eigenvalue weighted by Crippen LogP contribution is 2.34. The number of hydrogen-bond donors (Lipinski definition) is 2. The molecule has 6 nitrogen and oxygen atoms in total. The predicted molar refractivity (Wildman–Crippen MR) is 107 cm³/mol. The summed E-state index contributed by atoms with van der Waals surface area (Å²) in [6.45, 7) is 2.03. The minimum absolute atomic E-state index is 0.0264. The maximum absolute atomic E-state index is 12.7. The van der Waals surface area contributed by atoms with E-state index in [4.69, 9.17) is 17.3 Å². The molecule has 2 aromatic heterocycles. The van der Waals surface area contributed by atoms with Crippen LogP contribution in [-0.4, -0.2) is 19.9 Å². The van der Waals surface area contributed by atoms with Crippen LogP contribution in [0.5, 0.6) is 0 Å². The number of alkyl halides is 3. The number of hydrogen-bond acceptors (Lipinski definition) is 7. The minimum atomic E-state index is -4.50. The molecule has 3 rings (SSSR count). The lowest BCUT2D eigenvalue weighted by atomic mass is 10.1. The first-order valence-corrected chi connectivity index (χ1v) is 9.83. The van der Waals surface area contributed by atoms with Crippen molar-refractivity contribution in [2.75, 3.05) is 11.1 Å². The number of aromatic nitrogens is 4. The van der Waals surface area contributed by atoms with E-state index < -0.39 is 11.7 Å². The summed E-state index contributed by atoms with van der Waals surface area (Å²) in [6, 6.07) is 8.56. The largest absolute Gasteiger partial charge is 0.417 e. The Bertz CT molecular complexity index is 1020. The predicted octanol–water partition coefficient (Wildman–Crippen LogP) is 5.12. The molecule has 0 saturated heterocycles. The summed E-state index contributed by atoms with van der Waals surface area (Å²) in [6.07, 6.45) is -2.94. The van der Waals surface area contributed by atoms with Gasteiger partial charge in [0.25, 0.3) is 0 Å². The summed E-state index contributed by atoms with van der Waals surface area (Å²) in [4.78, 5) is 16.3. The van der Waals surface area contributed by atoms with Crippen LogP contribution >= 0.6 is 23.4 Å². The van der Waals surface area contributed by atoms with Crippen LogP contribution in [0, 0.1) is 0 Å². The molecule has 0 spiro atoms. The van der Waals surface area contributed by atoms with Gasteiger partial charge in [0.05, 0.1) is 16.3 Å². The zero-order chi connectivity index (χ0) is 21.0. The van der Waals surface area contributed by atoms with E-state index in [0.29, 0.717) is 5.82 Å². The number of nitrogens with two attached hydrogens (primary N) is 1. The monoisotopic (exact) mass is 440 g/mol. The van der Waals surface area contributed by atoms with Crippen molar-refractivity contribution in [2.45, 2.75) is 30.3 Å². The van der Waals surface area contributed by atoms with E-state index in [1.165, 1.54) is 0 Å². The highest BCUT2D eigenvalue weighted by molar-refractivity contribution is 7.98. The third-order valence-electron chi connectivity index (χ3n) is 3.82. The molecule has 0 unspecified atom stereocenters. The number of nitrogens with zero attached hydrogens (tertiary/aromatic N) is 4. The molecule has 2 heterocycles. The van der Waals surface area contributed by atoms with E-state index >= 15 is 0 Å². The van der Waals surface area contributed by atoms with Crippen LogP contribution in [0.15, 0.2) is 41.6 Å². The number of pyridine rings is 1. The molecule has 0 saturated carbocycles. The second kappa shape index (κ2) is 8.83. The zero-order valence-corrected chi connectivity index (χ0v) is 16.7. The molecule has 0 aliphatic heterocycles. The maximum atomic E-state index is 12.7. The standard InChI is InChI=1S/C18H16ClF3N6S/c1-2-10-5-3-4-6-13(10)25-17-27-14(26-16(23)28-17)9-29-15-12(19)7-11(8-24-15)18(20,21)22/h3-8H,2,9H2,1H3,(H3,23,25,26,27,28). The molecule has 0 aliphatic rings. The van der Waals surface area contributed by atoms with E-state index in [0.717, 1.165) is 41.7 Å². The van der Waals surface area contributed by atoms with Crippen LogP contribution in [0.2, 0.25) is 5.02 Å². The Balaban J connectivity index is 1.75. The summed E-state index contributed by atoms with van der Waals surface area (Å²) in [5.74, 6) is 0.852. The average Bonchev–Trinajstić information content (AvgIpc) is 2.66. The van der Waals surface area contributed by atoms with E-state index in [9.17, 15) is 13.2 Å². The van der Waals surface area contributed by atoms with Crippen LogP contribution in [0.4, 0.5) is 30.8 Å². The number of nitrogens with one attached hydrogen (secondary N) is 1. The van der Waals surface area contributed by atoms with Crippen molar-refractivity contribution in [3.05, 3.63) is 58.5 Å². The average molecular weight is 441 g/mol. The molecule has 0 aliphatic carbocycles. The fourth-order valence-electron chi connectivity index (χ4n) is 2.45. The third kappa shape index (κ3) is 5.48. The molecule has 0 atom stereocenters. The van der Waals surface area contributed by atoms with Gasteiger partial charge < -0.3 is 11.1 Å².